The first-order chi connectivity index (χ1) is 9.72. The van der Waals surface area contributed by atoms with E-state index in [1.54, 1.807) is 0 Å². The first kappa shape index (κ1) is 14.2. The van der Waals surface area contributed by atoms with Crippen molar-refractivity contribution in [1.29, 1.82) is 0 Å². The molecule has 3 saturated carbocycles. The molecule has 3 fully saturated rings. The average molecular weight is 278 g/mol. The van der Waals surface area contributed by atoms with Gasteiger partial charge in [0.25, 0.3) is 0 Å². The third-order valence-corrected chi connectivity index (χ3v) is 5.77. The molecule has 0 aromatic carbocycles. The van der Waals surface area contributed by atoms with E-state index in [9.17, 15) is 4.79 Å². The molecule has 0 aromatic rings. The fraction of sp³-hybridized carbons (Fsp3) is 0.941. The van der Waals surface area contributed by atoms with E-state index in [0.29, 0.717) is 18.0 Å². The minimum Gasteiger partial charge on any atom is -0.335 e. The second-order valence-corrected chi connectivity index (χ2v) is 7.45. The van der Waals surface area contributed by atoms with E-state index in [4.69, 9.17) is 0 Å². The Morgan fingerprint density at radius 2 is 1.65 bits per heavy atom. The van der Waals surface area contributed by atoms with Gasteiger partial charge in [-0.1, -0.05) is 32.6 Å². The number of carbonyl (C=O) groups is 1. The first-order valence-electron chi connectivity index (χ1n) is 8.79. The van der Waals surface area contributed by atoms with E-state index in [0.717, 1.165) is 18.3 Å². The monoisotopic (exact) mass is 278 g/mol. The van der Waals surface area contributed by atoms with Gasteiger partial charge in [-0.3, -0.25) is 0 Å². The van der Waals surface area contributed by atoms with E-state index in [-0.39, 0.29) is 6.03 Å². The van der Waals surface area contributed by atoms with Crippen LogP contribution in [0.1, 0.15) is 71.1 Å². The number of amides is 2. The van der Waals surface area contributed by atoms with Crippen LogP contribution in [-0.4, -0.2) is 18.1 Å². The maximum absolute atomic E-state index is 12.2. The van der Waals surface area contributed by atoms with Gasteiger partial charge in [-0.05, 0) is 56.3 Å². The summed E-state index contributed by atoms with van der Waals surface area (Å²) in [6.45, 7) is 2.27. The third kappa shape index (κ3) is 3.67. The number of nitrogens with one attached hydrogen (secondary N) is 2. The van der Waals surface area contributed by atoms with Crippen LogP contribution in [0.3, 0.4) is 0 Å². The Labute approximate surface area is 123 Å². The molecule has 0 saturated heterocycles. The molecule has 3 aliphatic rings. The van der Waals surface area contributed by atoms with Crippen molar-refractivity contribution in [2.24, 2.45) is 17.8 Å². The number of hydrogen-bond donors (Lipinski definition) is 2. The van der Waals surface area contributed by atoms with Crippen LogP contribution in [-0.2, 0) is 0 Å². The minimum absolute atomic E-state index is 0.0881. The zero-order chi connectivity index (χ0) is 13.9. The van der Waals surface area contributed by atoms with Gasteiger partial charge in [0.15, 0.2) is 0 Å². The van der Waals surface area contributed by atoms with Crippen molar-refractivity contribution >= 4 is 6.03 Å². The summed E-state index contributed by atoms with van der Waals surface area (Å²) in [6, 6.07) is 0.907. The first-order valence-corrected chi connectivity index (χ1v) is 8.79. The molecule has 3 aliphatic carbocycles. The quantitative estimate of drug-likeness (QED) is 0.809. The van der Waals surface area contributed by atoms with Crippen molar-refractivity contribution in [1.82, 2.24) is 10.6 Å². The molecule has 0 radical (unpaired) electrons. The molecule has 2 unspecified atom stereocenters. The lowest BCUT2D eigenvalue weighted by Gasteiger charge is -2.32. The van der Waals surface area contributed by atoms with E-state index in [1.807, 2.05) is 0 Å². The van der Waals surface area contributed by atoms with Gasteiger partial charge in [0.05, 0.1) is 0 Å². The van der Waals surface area contributed by atoms with Crippen LogP contribution in [0.4, 0.5) is 4.79 Å². The maximum atomic E-state index is 12.2. The Morgan fingerprint density at radius 1 is 0.850 bits per heavy atom. The summed E-state index contributed by atoms with van der Waals surface area (Å²) in [4.78, 5) is 12.2. The van der Waals surface area contributed by atoms with E-state index < -0.39 is 0 Å². The normalized spacial score (nSPS) is 38.2. The molecule has 0 bridgehead atoms. The Hall–Kier alpha value is -0.730. The van der Waals surface area contributed by atoms with Crippen molar-refractivity contribution in [2.45, 2.75) is 83.2 Å². The van der Waals surface area contributed by atoms with Crippen LogP contribution in [0.15, 0.2) is 0 Å². The number of rotatable bonds is 3. The summed E-state index contributed by atoms with van der Waals surface area (Å²) < 4.78 is 0. The van der Waals surface area contributed by atoms with Crippen LogP contribution < -0.4 is 10.6 Å². The van der Waals surface area contributed by atoms with Gasteiger partial charge in [-0.2, -0.15) is 0 Å². The summed E-state index contributed by atoms with van der Waals surface area (Å²) in [6.07, 6.45) is 13.0. The van der Waals surface area contributed by atoms with Gasteiger partial charge in [-0.25, -0.2) is 4.79 Å². The second-order valence-electron chi connectivity index (χ2n) is 7.45. The van der Waals surface area contributed by atoms with Gasteiger partial charge < -0.3 is 10.6 Å². The Bertz CT molecular complexity index is 340. The number of carbonyl (C=O) groups excluding carboxylic acids is 1. The summed E-state index contributed by atoms with van der Waals surface area (Å²) in [5.74, 6) is 2.52. The largest absolute Gasteiger partial charge is 0.335 e. The molecule has 0 spiro atoms. The second kappa shape index (κ2) is 6.36. The molecule has 0 aliphatic heterocycles. The molecular formula is C17H30N2O. The van der Waals surface area contributed by atoms with Gasteiger partial charge >= 0.3 is 6.03 Å². The minimum atomic E-state index is 0.0881. The predicted molar refractivity (Wildman–Crippen MR) is 81.6 cm³/mol. The van der Waals surface area contributed by atoms with Gasteiger partial charge in [-0.15, -0.1) is 0 Å². The highest BCUT2D eigenvalue weighted by molar-refractivity contribution is 5.74. The molecule has 2 N–H and O–H groups in total. The smallest absolute Gasteiger partial charge is 0.315 e. The maximum Gasteiger partial charge on any atom is 0.315 e. The highest BCUT2D eigenvalue weighted by Gasteiger charge is 2.35. The highest BCUT2D eigenvalue weighted by Crippen LogP contribution is 2.43. The Kier molecular flexibility index (Phi) is 4.52. The summed E-state index contributed by atoms with van der Waals surface area (Å²) in [5.41, 5.74) is 0. The molecule has 0 aromatic heterocycles. The lowest BCUT2D eigenvalue weighted by Crippen LogP contribution is -2.50. The zero-order valence-electron chi connectivity index (χ0n) is 12.9. The standard InChI is InChI=1S/C17H30N2O/c1-12-5-2-3-8-16(12)19-17(20)18-15-7-4-6-14(11-15)13-9-10-13/h12-16H,2-11H2,1H3,(H2,18,19,20)/t12?,14-,15+,16?/m0/s1. The van der Waals surface area contributed by atoms with Crippen LogP contribution in [0.5, 0.6) is 0 Å². The number of urea groups is 1. The van der Waals surface area contributed by atoms with Crippen LogP contribution >= 0.6 is 0 Å². The number of hydrogen-bond acceptors (Lipinski definition) is 1. The van der Waals surface area contributed by atoms with Gasteiger partial charge in [0.1, 0.15) is 0 Å². The Balaban J connectivity index is 1.43. The van der Waals surface area contributed by atoms with Gasteiger partial charge in [0, 0.05) is 12.1 Å². The van der Waals surface area contributed by atoms with Gasteiger partial charge in [0.2, 0.25) is 0 Å². The highest BCUT2D eigenvalue weighted by atomic mass is 16.2. The van der Waals surface area contributed by atoms with Crippen LogP contribution in [0.2, 0.25) is 0 Å². The predicted octanol–water partition coefficient (Wildman–Crippen LogP) is 3.83. The van der Waals surface area contributed by atoms with Crippen molar-refractivity contribution in [2.75, 3.05) is 0 Å². The lowest BCUT2D eigenvalue weighted by molar-refractivity contribution is 0.206. The fourth-order valence-corrected chi connectivity index (χ4v) is 4.28. The topological polar surface area (TPSA) is 41.1 Å². The molecule has 3 heteroatoms. The van der Waals surface area contributed by atoms with Crippen LogP contribution in [0.25, 0.3) is 0 Å². The van der Waals surface area contributed by atoms with E-state index >= 15 is 0 Å². The fourth-order valence-electron chi connectivity index (χ4n) is 4.28. The van der Waals surface area contributed by atoms with Crippen LogP contribution in [0, 0.1) is 17.8 Å². The lowest BCUT2D eigenvalue weighted by atomic mass is 9.83. The zero-order valence-corrected chi connectivity index (χ0v) is 12.9. The molecular weight excluding hydrogens is 248 g/mol. The Morgan fingerprint density at radius 3 is 2.40 bits per heavy atom. The van der Waals surface area contributed by atoms with E-state index in [2.05, 4.69) is 17.6 Å². The average Bonchev–Trinajstić information content (AvgIpc) is 3.26. The summed E-state index contributed by atoms with van der Waals surface area (Å²) >= 11 is 0. The molecule has 4 atom stereocenters. The molecule has 3 nitrogen and oxygen atoms in total. The molecule has 2 amide bonds. The SMILES string of the molecule is CC1CCCCC1NC(=O)N[C@@H]1CCC[C@H](C2CC2)C1. The molecule has 20 heavy (non-hydrogen) atoms. The molecule has 3 rings (SSSR count). The summed E-state index contributed by atoms with van der Waals surface area (Å²) in [7, 11) is 0. The molecule has 0 heterocycles. The third-order valence-electron chi connectivity index (χ3n) is 5.77. The van der Waals surface area contributed by atoms with E-state index in [1.165, 1.54) is 57.8 Å². The van der Waals surface area contributed by atoms with Crippen molar-refractivity contribution in [3.63, 3.8) is 0 Å². The molecule has 114 valence electrons. The van der Waals surface area contributed by atoms with Crippen molar-refractivity contribution in [3.05, 3.63) is 0 Å². The summed E-state index contributed by atoms with van der Waals surface area (Å²) in [5, 5.41) is 6.47. The van der Waals surface area contributed by atoms with Crippen molar-refractivity contribution < 1.29 is 4.79 Å². The van der Waals surface area contributed by atoms with Crippen molar-refractivity contribution in [3.8, 4) is 0 Å².